The van der Waals surface area contributed by atoms with Crippen molar-refractivity contribution in [3.63, 3.8) is 0 Å². The van der Waals surface area contributed by atoms with E-state index in [2.05, 4.69) is 81.7 Å². The van der Waals surface area contributed by atoms with Crippen LogP contribution in [0.5, 0.6) is 0 Å². The van der Waals surface area contributed by atoms with E-state index in [0.717, 1.165) is 18.6 Å². The Kier molecular flexibility index (Phi) is 8.05. The van der Waals surface area contributed by atoms with Gasteiger partial charge in [-0.05, 0) is 53.7 Å². The molecule has 0 bridgehead atoms. The molecule has 1 saturated carbocycles. The zero-order chi connectivity index (χ0) is 28.6. The van der Waals surface area contributed by atoms with Crippen molar-refractivity contribution in [3.8, 4) is 0 Å². The molecule has 2 aromatic rings. The Labute approximate surface area is 244 Å². The maximum atomic E-state index is 13.2. The summed E-state index contributed by atoms with van der Waals surface area (Å²) in [6.45, 7) is 11.5. The zero-order valence-corrected chi connectivity index (χ0v) is 26.4. The molecule has 1 amide bonds. The van der Waals surface area contributed by atoms with Gasteiger partial charge < -0.3 is 14.5 Å². The number of amidine groups is 1. The summed E-state index contributed by atoms with van der Waals surface area (Å²) in [5.41, 5.74) is 1.83. The van der Waals surface area contributed by atoms with Gasteiger partial charge in [0.1, 0.15) is 11.1 Å². The fraction of sp³-hybridized carbons (Fsp3) is 0.455. The van der Waals surface area contributed by atoms with E-state index in [9.17, 15) is 4.79 Å². The van der Waals surface area contributed by atoms with Crippen LogP contribution < -0.4 is 5.32 Å². The number of hydrogen-bond donors (Lipinski definition) is 1. The van der Waals surface area contributed by atoms with Crippen LogP contribution in [0.2, 0.25) is 18.1 Å². The van der Waals surface area contributed by atoms with Crippen molar-refractivity contribution in [3.05, 3.63) is 90.0 Å². The molecular formula is C33H42N2O3SSi. The summed E-state index contributed by atoms with van der Waals surface area (Å²) in [5, 5.41) is 3.92. The molecule has 2 aromatic carbocycles. The van der Waals surface area contributed by atoms with Crippen LogP contribution in [0.1, 0.15) is 56.0 Å². The molecule has 4 atom stereocenters. The van der Waals surface area contributed by atoms with Crippen molar-refractivity contribution in [2.75, 3.05) is 12.9 Å². The summed E-state index contributed by atoms with van der Waals surface area (Å²) in [4.78, 5) is 18.6. The fourth-order valence-corrected chi connectivity index (χ4v) is 8.68. The highest BCUT2D eigenvalue weighted by molar-refractivity contribution is 8.13. The minimum Gasteiger partial charge on any atom is -0.414 e. The minimum absolute atomic E-state index is 0.0888. The van der Waals surface area contributed by atoms with Gasteiger partial charge in [0.15, 0.2) is 13.5 Å². The van der Waals surface area contributed by atoms with Gasteiger partial charge in [-0.15, -0.1) is 0 Å². The monoisotopic (exact) mass is 574 g/mol. The van der Waals surface area contributed by atoms with Crippen LogP contribution in [-0.2, 0) is 9.16 Å². The van der Waals surface area contributed by atoms with Crippen molar-refractivity contribution >= 4 is 36.7 Å². The molecule has 0 spiro atoms. The first-order chi connectivity index (χ1) is 19.0. The van der Waals surface area contributed by atoms with E-state index in [1.54, 1.807) is 11.8 Å². The number of thioether (sulfide) groups is 1. The van der Waals surface area contributed by atoms with E-state index in [0.29, 0.717) is 17.2 Å². The number of benzene rings is 2. The number of rotatable bonds is 6. The normalized spacial score (nSPS) is 28.4. The average molecular weight is 575 g/mol. The highest BCUT2D eigenvalue weighted by Crippen LogP contribution is 2.56. The molecule has 1 fully saturated rings. The highest BCUT2D eigenvalue weighted by Gasteiger charge is 2.62. The maximum Gasteiger partial charge on any atom is 0.257 e. The maximum absolute atomic E-state index is 13.2. The van der Waals surface area contributed by atoms with E-state index < -0.39 is 19.5 Å². The number of fused-ring (bicyclic) bond motifs is 1. The molecule has 40 heavy (non-hydrogen) atoms. The third kappa shape index (κ3) is 5.41. The molecule has 7 heteroatoms. The Morgan fingerprint density at radius 2 is 1.75 bits per heavy atom. The number of methoxy groups -OCH3 is 1. The van der Waals surface area contributed by atoms with Crippen molar-refractivity contribution in [1.29, 1.82) is 0 Å². The number of carbonyl (C=O) groups excluding carboxylic acids is 1. The van der Waals surface area contributed by atoms with Crippen LogP contribution in [-0.4, -0.2) is 49.5 Å². The molecule has 3 aliphatic rings. The Morgan fingerprint density at radius 1 is 1.07 bits per heavy atom. The fourth-order valence-electron chi connectivity index (χ4n) is 6.15. The number of carbonyl (C=O) groups is 1. The van der Waals surface area contributed by atoms with Crippen LogP contribution in [0, 0.1) is 5.92 Å². The van der Waals surface area contributed by atoms with Crippen LogP contribution in [0.25, 0.3) is 5.57 Å². The van der Waals surface area contributed by atoms with Crippen molar-refractivity contribution in [2.45, 2.75) is 75.4 Å². The summed E-state index contributed by atoms with van der Waals surface area (Å²) in [6, 6.07) is 19.9. The summed E-state index contributed by atoms with van der Waals surface area (Å²) in [5.74, 6) is 0.974. The molecule has 0 aromatic heterocycles. The molecule has 5 rings (SSSR count). The summed E-state index contributed by atoms with van der Waals surface area (Å²) in [7, 11) is -0.189. The second-order valence-electron chi connectivity index (χ2n) is 12.8. The second-order valence-corrected chi connectivity index (χ2v) is 18.6. The molecule has 1 heterocycles. The van der Waals surface area contributed by atoms with Gasteiger partial charge in [0.2, 0.25) is 0 Å². The number of hydrogen-bond acceptors (Lipinski definition) is 5. The first kappa shape index (κ1) is 29.1. The van der Waals surface area contributed by atoms with Crippen molar-refractivity contribution in [2.24, 2.45) is 10.9 Å². The minimum atomic E-state index is -2.00. The Hall–Kier alpha value is -2.45. The van der Waals surface area contributed by atoms with E-state index in [1.165, 1.54) is 11.1 Å². The lowest BCUT2D eigenvalue weighted by molar-refractivity contribution is -0.0436. The second kappa shape index (κ2) is 11.1. The topological polar surface area (TPSA) is 59.9 Å². The van der Waals surface area contributed by atoms with E-state index in [-0.39, 0.29) is 23.0 Å². The van der Waals surface area contributed by atoms with Gasteiger partial charge in [-0.1, -0.05) is 99.3 Å². The van der Waals surface area contributed by atoms with Gasteiger partial charge in [-0.25, -0.2) is 0 Å². The third-order valence-electron chi connectivity index (χ3n) is 9.37. The van der Waals surface area contributed by atoms with Gasteiger partial charge in [0.05, 0.1) is 0 Å². The number of nitrogens with zero attached hydrogens (tertiary/aromatic N) is 1. The number of allylic oxidation sites excluding steroid dienone is 2. The predicted molar refractivity (Wildman–Crippen MR) is 169 cm³/mol. The molecule has 0 radical (unpaired) electrons. The summed E-state index contributed by atoms with van der Waals surface area (Å²) < 4.78 is 13.6. The van der Waals surface area contributed by atoms with Crippen LogP contribution >= 0.6 is 11.8 Å². The summed E-state index contributed by atoms with van der Waals surface area (Å²) in [6.07, 6.45) is 9.02. The van der Waals surface area contributed by atoms with Crippen LogP contribution in [0.3, 0.4) is 0 Å². The lowest BCUT2D eigenvalue weighted by Crippen LogP contribution is -2.59. The molecule has 1 N–H and O–H groups in total. The smallest absolute Gasteiger partial charge is 0.257 e. The van der Waals surface area contributed by atoms with Gasteiger partial charge in [0, 0.05) is 37.4 Å². The molecule has 4 unspecified atom stereocenters. The number of amides is 1. The first-order valence-corrected chi connectivity index (χ1v) is 18.1. The van der Waals surface area contributed by atoms with Gasteiger partial charge in [-0.3, -0.25) is 9.79 Å². The molecule has 212 valence electrons. The molecule has 5 nitrogen and oxygen atoms in total. The molecule has 2 aliphatic carbocycles. The van der Waals surface area contributed by atoms with E-state index in [1.807, 2.05) is 43.5 Å². The third-order valence-corrected chi connectivity index (χ3v) is 14.9. The van der Waals surface area contributed by atoms with Crippen LogP contribution in [0.15, 0.2) is 83.9 Å². The number of nitrogens with one attached hydrogen (secondary N) is 1. The standard InChI is InChI=1S/C33H42N2O3SSi/c1-31(2,3)40(5,6)38-28-20-27-23-39-30(34-29(36)25-16-11-8-12-17-25)35-33(27,22-28)32(37-4)19-13-18-26(21-32)24-14-9-7-10-15-24/h7-19,27-28H,20-23H2,1-6H3,(H,34,35,36). The van der Waals surface area contributed by atoms with Gasteiger partial charge in [0.25, 0.3) is 5.91 Å². The largest absolute Gasteiger partial charge is 0.414 e. The lowest BCUT2D eigenvalue weighted by atomic mass is 9.68. The molecule has 0 saturated heterocycles. The van der Waals surface area contributed by atoms with E-state index in [4.69, 9.17) is 14.2 Å². The number of ether oxygens (including phenoxy) is 1. The number of aliphatic imine (C=N–C) groups is 1. The zero-order valence-electron chi connectivity index (χ0n) is 24.6. The quantitative estimate of drug-likeness (QED) is 0.363. The van der Waals surface area contributed by atoms with Crippen molar-refractivity contribution < 1.29 is 14.0 Å². The van der Waals surface area contributed by atoms with E-state index >= 15 is 0 Å². The average Bonchev–Trinajstić information content (AvgIpc) is 3.31. The highest BCUT2D eigenvalue weighted by atomic mass is 32.2. The van der Waals surface area contributed by atoms with Crippen LogP contribution in [0.4, 0.5) is 0 Å². The SMILES string of the molecule is COC1(C23CC(O[Si](C)(C)C(C)(C)C)CC2CSC(NC(=O)c2ccccc2)=N3)C=CC=C(c2ccccc2)C1. The lowest BCUT2D eigenvalue weighted by Gasteiger charge is -2.50. The van der Waals surface area contributed by atoms with Gasteiger partial charge >= 0.3 is 0 Å². The Morgan fingerprint density at radius 3 is 2.40 bits per heavy atom. The van der Waals surface area contributed by atoms with Gasteiger partial charge in [-0.2, -0.15) is 0 Å². The predicted octanol–water partition coefficient (Wildman–Crippen LogP) is 7.49. The molecular weight excluding hydrogens is 533 g/mol. The Bertz CT molecular complexity index is 1320. The first-order valence-electron chi connectivity index (χ1n) is 14.2. The Balaban J connectivity index is 1.53. The molecule has 1 aliphatic heterocycles. The summed E-state index contributed by atoms with van der Waals surface area (Å²) >= 11 is 1.64. The van der Waals surface area contributed by atoms with Crippen molar-refractivity contribution in [1.82, 2.24) is 5.32 Å².